The van der Waals surface area contributed by atoms with E-state index in [1.165, 1.54) is 12.2 Å². The third kappa shape index (κ3) is 14.0. The van der Waals surface area contributed by atoms with E-state index in [0.29, 0.717) is 12.2 Å². The van der Waals surface area contributed by atoms with Gasteiger partial charge in [0.15, 0.2) is 0 Å². The first-order chi connectivity index (χ1) is 10.4. The Balaban J connectivity index is 0. The molecule has 0 aliphatic rings. The van der Waals surface area contributed by atoms with E-state index in [1.54, 1.807) is 13.0 Å². The number of carbonyl (C=O) groups is 2. The van der Waals surface area contributed by atoms with Crippen molar-refractivity contribution in [2.24, 2.45) is 0 Å². The van der Waals surface area contributed by atoms with Crippen molar-refractivity contribution in [2.45, 2.75) is 26.7 Å². The third-order valence-electron chi connectivity index (χ3n) is 2.03. The average Bonchev–Trinajstić information content (AvgIpc) is 2.50. The summed E-state index contributed by atoms with van der Waals surface area (Å²) in [7, 11) is 0. The first-order valence-electron chi connectivity index (χ1n) is 6.76. The van der Waals surface area contributed by atoms with Gasteiger partial charge in [-0.2, -0.15) is 5.26 Å². The summed E-state index contributed by atoms with van der Waals surface area (Å²) in [4.78, 5) is 21.5. The summed E-state index contributed by atoms with van der Waals surface area (Å²) in [6.07, 6.45) is 4.37. The molecule has 0 atom stereocenters. The van der Waals surface area contributed by atoms with Gasteiger partial charge >= 0.3 is 11.9 Å². The lowest BCUT2D eigenvalue weighted by Crippen LogP contribution is -2.08. The molecule has 0 rings (SSSR count). The summed E-state index contributed by atoms with van der Waals surface area (Å²) in [6, 6.07) is 1.77. The van der Waals surface area contributed by atoms with Gasteiger partial charge in [-0.15, -0.1) is 0 Å². The Labute approximate surface area is 131 Å². The fraction of sp³-hybridized carbons (Fsp3) is 0.438. The van der Waals surface area contributed by atoms with E-state index in [9.17, 15) is 9.59 Å². The number of carbonyl (C=O) groups excluding carboxylic acids is 2. The molecule has 0 unspecified atom stereocenters. The zero-order chi connectivity index (χ0) is 17.4. The number of aliphatic hydroxyl groups is 1. The lowest BCUT2D eigenvalue weighted by Gasteiger charge is -2.01. The molecule has 0 aromatic rings. The Morgan fingerprint density at radius 2 is 1.82 bits per heavy atom. The van der Waals surface area contributed by atoms with Gasteiger partial charge in [-0.05, 0) is 19.4 Å². The Hall–Kier alpha value is -2.39. The zero-order valence-corrected chi connectivity index (χ0v) is 13.1. The summed E-state index contributed by atoms with van der Waals surface area (Å²) in [5.74, 6) is -0.913. The number of aliphatic hydroxyl groups excluding tert-OH is 1. The van der Waals surface area contributed by atoms with Crippen LogP contribution in [0.2, 0.25) is 0 Å². The minimum atomic E-state index is -0.458. The summed E-state index contributed by atoms with van der Waals surface area (Å²) in [5, 5.41) is 16.4. The molecule has 0 saturated heterocycles. The second-order valence-electron chi connectivity index (χ2n) is 4.12. The normalized spacial score (nSPS) is 9.18. The van der Waals surface area contributed by atoms with Gasteiger partial charge in [0, 0.05) is 11.6 Å². The Morgan fingerprint density at radius 3 is 2.27 bits per heavy atom. The van der Waals surface area contributed by atoms with Gasteiger partial charge in [-0.25, -0.2) is 9.59 Å². The molecular weight excluding hydrogens is 286 g/mol. The molecule has 0 aliphatic carbocycles. The smallest absolute Gasteiger partial charge is 0.337 e. The fourth-order valence-corrected chi connectivity index (χ4v) is 0.869. The number of hydrogen-bond acceptors (Lipinski definition) is 6. The van der Waals surface area contributed by atoms with Gasteiger partial charge < -0.3 is 14.6 Å². The SMILES string of the molecule is C=C(C)C(=O)OCCO.C=C(C=CC#N)C(=O)OCCCC. The Bertz CT molecular complexity index is 446. The van der Waals surface area contributed by atoms with E-state index in [2.05, 4.69) is 17.9 Å². The molecule has 0 amide bonds. The van der Waals surface area contributed by atoms with E-state index in [-0.39, 0.29) is 18.8 Å². The highest BCUT2D eigenvalue weighted by Gasteiger charge is 2.03. The predicted molar refractivity (Wildman–Crippen MR) is 82.6 cm³/mol. The van der Waals surface area contributed by atoms with Crippen LogP contribution in [0.15, 0.2) is 36.5 Å². The number of ether oxygens (including phenoxy) is 2. The van der Waals surface area contributed by atoms with E-state index < -0.39 is 11.9 Å². The maximum atomic E-state index is 11.0. The van der Waals surface area contributed by atoms with Gasteiger partial charge in [0.05, 0.1) is 24.9 Å². The number of unbranched alkanes of at least 4 members (excludes halogenated alkanes) is 1. The predicted octanol–water partition coefficient (Wildman–Crippen LogP) is 2.06. The van der Waals surface area contributed by atoms with Crippen LogP contribution in [0.25, 0.3) is 0 Å². The maximum Gasteiger partial charge on any atom is 0.337 e. The number of rotatable bonds is 8. The molecule has 122 valence electrons. The number of nitriles is 1. The molecule has 0 bridgehead atoms. The van der Waals surface area contributed by atoms with Crippen molar-refractivity contribution in [2.75, 3.05) is 19.8 Å². The molecule has 0 aromatic carbocycles. The lowest BCUT2D eigenvalue weighted by atomic mass is 10.3. The third-order valence-corrected chi connectivity index (χ3v) is 2.03. The van der Waals surface area contributed by atoms with Crippen LogP contribution in [-0.4, -0.2) is 36.9 Å². The molecule has 0 radical (unpaired) electrons. The molecule has 0 spiro atoms. The van der Waals surface area contributed by atoms with Crippen molar-refractivity contribution in [3.63, 3.8) is 0 Å². The number of allylic oxidation sites excluding steroid dienone is 1. The molecule has 0 aromatic heterocycles. The van der Waals surface area contributed by atoms with Crippen LogP contribution in [0.4, 0.5) is 0 Å². The van der Waals surface area contributed by atoms with E-state index in [0.717, 1.165) is 12.8 Å². The first-order valence-corrected chi connectivity index (χ1v) is 6.76. The van der Waals surface area contributed by atoms with Crippen molar-refractivity contribution >= 4 is 11.9 Å². The van der Waals surface area contributed by atoms with Crippen molar-refractivity contribution in [3.05, 3.63) is 36.5 Å². The van der Waals surface area contributed by atoms with Gasteiger partial charge in [0.1, 0.15) is 6.61 Å². The van der Waals surface area contributed by atoms with Crippen LogP contribution in [0.3, 0.4) is 0 Å². The zero-order valence-electron chi connectivity index (χ0n) is 13.1. The number of hydrogen-bond donors (Lipinski definition) is 1. The Morgan fingerprint density at radius 1 is 1.23 bits per heavy atom. The van der Waals surface area contributed by atoms with Crippen molar-refractivity contribution in [3.8, 4) is 6.07 Å². The lowest BCUT2D eigenvalue weighted by molar-refractivity contribution is -0.140. The highest BCUT2D eigenvalue weighted by Crippen LogP contribution is 1.98. The van der Waals surface area contributed by atoms with Gasteiger partial charge in [0.25, 0.3) is 0 Å². The molecule has 6 nitrogen and oxygen atoms in total. The summed E-state index contributed by atoms with van der Waals surface area (Å²) in [6.45, 7) is 10.7. The Kier molecular flexibility index (Phi) is 14.9. The second kappa shape index (κ2) is 15.0. The molecule has 0 heterocycles. The van der Waals surface area contributed by atoms with Gasteiger partial charge in [-0.3, -0.25) is 0 Å². The maximum absolute atomic E-state index is 11.0. The van der Waals surface area contributed by atoms with E-state index in [1.807, 2.05) is 6.92 Å². The number of nitrogens with zero attached hydrogens (tertiary/aromatic N) is 1. The van der Waals surface area contributed by atoms with Crippen LogP contribution in [0, 0.1) is 11.3 Å². The van der Waals surface area contributed by atoms with Gasteiger partial charge in [-0.1, -0.05) is 26.5 Å². The minimum Gasteiger partial charge on any atom is -0.462 e. The number of esters is 2. The van der Waals surface area contributed by atoms with Crippen LogP contribution in [0.5, 0.6) is 0 Å². The molecule has 6 heteroatoms. The molecule has 0 fully saturated rings. The van der Waals surface area contributed by atoms with Crippen molar-refractivity contribution in [1.82, 2.24) is 0 Å². The molecule has 22 heavy (non-hydrogen) atoms. The van der Waals surface area contributed by atoms with Crippen LogP contribution < -0.4 is 0 Å². The standard InChI is InChI=1S/C10H13NO2.C6H10O3/c1-3-4-8-13-10(12)9(2)6-5-7-11;1-5(2)6(8)9-4-3-7/h5-6H,2-4,8H2,1H3;7H,1,3-4H2,2H3. The minimum absolute atomic E-state index is 0.0473. The summed E-state index contributed by atoms with van der Waals surface area (Å²) < 4.78 is 9.31. The molecule has 1 N–H and O–H groups in total. The highest BCUT2D eigenvalue weighted by atomic mass is 16.5. The molecular formula is C16H23NO5. The first kappa shape index (κ1) is 21.9. The second-order valence-corrected chi connectivity index (χ2v) is 4.12. The molecule has 0 aliphatic heterocycles. The van der Waals surface area contributed by atoms with E-state index >= 15 is 0 Å². The van der Waals surface area contributed by atoms with Crippen molar-refractivity contribution < 1.29 is 24.2 Å². The van der Waals surface area contributed by atoms with Crippen LogP contribution in [0.1, 0.15) is 26.7 Å². The molecule has 0 saturated carbocycles. The quantitative estimate of drug-likeness (QED) is 0.242. The van der Waals surface area contributed by atoms with Crippen molar-refractivity contribution in [1.29, 1.82) is 5.26 Å². The topological polar surface area (TPSA) is 96.6 Å². The monoisotopic (exact) mass is 309 g/mol. The largest absolute Gasteiger partial charge is 0.462 e. The van der Waals surface area contributed by atoms with E-state index in [4.69, 9.17) is 15.1 Å². The average molecular weight is 309 g/mol. The summed E-state index contributed by atoms with van der Waals surface area (Å²) in [5.41, 5.74) is 0.557. The summed E-state index contributed by atoms with van der Waals surface area (Å²) >= 11 is 0. The van der Waals surface area contributed by atoms with Gasteiger partial charge in [0.2, 0.25) is 0 Å². The fourth-order valence-electron chi connectivity index (χ4n) is 0.869. The van der Waals surface area contributed by atoms with Crippen LogP contribution >= 0.6 is 0 Å². The van der Waals surface area contributed by atoms with Crippen LogP contribution in [-0.2, 0) is 19.1 Å². The highest BCUT2D eigenvalue weighted by molar-refractivity contribution is 5.90.